The van der Waals surface area contributed by atoms with Crippen LogP contribution in [0.5, 0.6) is 5.75 Å². The molecule has 0 radical (unpaired) electrons. The van der Waals surface area contributed by atoms with Gasteiger partial charge in [0.1, 0.15) is 11.3 Å². The van der Waals surface area contributed by atoms with E-state index in [4.69, 9.17) is 4.74 Å². The van der Waals surface area contributed by atoms with Crippen LogP contribution in [0.25, 0.3) is 0 Å². The monoisotopic (exact) mass is 323 g/mol. The number of amides is 1. The van der Waals surface area contributed by atoms with Crippen LogP contribution in [0.1, 0.15) is 24.0 Å². The van der Waals surface area contributed by atoms with Gasteiger partial charge in [0.05, 0.1) is 13.0 Å². The van der Waals surface area contributed by atoms with Gasteiger partial charge in [0.2, 0.25) is 5.91 Å². The molecule has 1 atom stereocenters. The fourth-order valence-corrected chi connectivity index (χ4v) is 3.61. The lowest BCUT2D eigenvalue weighted by Crippen LogP contribution is -2.54. The Kier molecular flexibility index (Phi) is 5.34. The second kappa shape index (κ2) is 7.05. The van der Waals surface area contributed by atoms with Gasteiger partial charge in [-0.05, 0) is 49.3 Å². The summed E-state index contributed by atoms with van der Waals surface area (Å²) in [6.07, 6.45) is 0.614. The standard InChI is InChI=1S/C16H21NO4S/c1-11-3-4-13(9-12(11)2)21-7-5-14(18)17-16(15(19)20)6-8-22-10-16/h3-4,9H,5-8,10H2,1-2H3,(H,17,18)(H,19,20)/t16-/m1/s1. The molecule has 1 fully saturated rings. The van der Waals surface area contributed by atoms with Gasteiger partial charge in [0, 0.05) is 5.75 Å². The van der Waals surface area contributed by atoms with E-state index in [1.165, 1.54) is 5.56 Å². The van der Waals surface area contributed by atoms with Crippen LogP contribution in [-0.2, 0) is 9.59 Å². The van der Waals surface area contributed by atoms with Crippen LogP contribution >= 0.6 is 11.8 Å². The lowest BCUT2D eigenvalue weighted by atomic mass is 9.99. The predicted molar refractivity (Wildman–Crippen MR) is 86.5 cm³/mol. The number of hydrogen-bond donors (Lipinski definition) is 2. The Morgan fingerprint density at radius 1 is 1.36 bits per heavy atom. The lowest BCUT2D eigenvalue weighted by molar-refractivity contribution is -0.146. The Morgan fingerprint density at radius 2 is 2.14 bits per heavy atom. The van der Waals surface area contributed by atoms with Crippen LogP contribution in [-0.4, -0.2) is 40.6 Å². The van der Waals surface area contributed by atoms with Gasteiger partial charge in [0.15, 0.2) is 0 Å². The first-order valence-corrected chi connectivity index (χ1v) is 8.41. The van der Waals surface area contributed by atoms with E-state index in [0.29, 0.717) is 12.2 Å². The zero-order valence-electron chi connectivity index (χ0n) is 12.8. The second-order valence-corrected chi connectivity index (χ2v) is 6.69. The van der Waals surface area contributed by atoms with Gasteiger partial charge in [-0.2, -0.15) is 11.8 Å². The van der Waals surface area contributed by atoms with Crippen molar-refractivity contribution in [3.8, 4) is 5.75 Å². The summed E-state index contributed by atoms with van der Waals surface area (Å²) in [5.74, 6) is 0.660. The Labute approximate surface area is 134 Å². The molecule has 0 aliphatic carbocycles. The van der Waals surface area contributed by atoms with Gasteiger partial charge in [0.25, 0.3) is 0 Å². The molecule has 1 amide bonds. The highest BCUT2D eigenvalue weighted by molar-refractivity contribution is 7.99. The number of aryl methyl sites for hydroxylation is 2. The molecule has 5 nitrogen and oxygen atoms in total. The molecule has 0 unspecified atom stereocenters. The number of benzene rings is 1. The molecular formula is C16H21NO4S. The second-order valence-electron chi connectivity index (χ2n) is 5.58. The minimum atomic E-state index is -1.11. The molecule has 0 bridgehead atoms. The average Bonchev–Trinajstić information content (AvgIpc) is 2.92. The minimum absolute atomic E-state index is 0.145. The summed E-state index contributed by atoms with van der Waals surface area (Å²) >= 11 is 1.55. The van der Waals surface area contributed by atoms with Crippen molar-refractivity contribution in [2.24, 2.45) is 0 Å². The number of ether oxygens (including phenoxy) is 1. The summed E-state index contributed by atoms with van der Waals surface area (Å²) in [6, 6.07) is 5.77. The quantitative estimate of drug-likeness (QED) is 0.839. The first-order chi connectivity index (χ1) is 10.4. The number of carbonyl (C=O) groups excluding carboxylic acids is 1. The Hall–Kier alpha value is -1.69. The largest absolute Gasteiger partial charge is 0.493 e. The topological polar surface area (TPSA) is 75.6 Å². The van der Waals surface area contributed by atoms with E-state index in [9.17, 15) is 14.7 Å². The molecule has 22 heavy (non-hydrogen) atoms. The van der Waals surface area contributed by atoms with Crippen molar-refractivity contribution < 1.29 is 19.4 Å². The number of carbonyl (C=O) groups is 2. The van der Waals surface area contributed by atoms with Crippen LogP contribution in [0.15, 0.2) is 18.2 Å². The average molecular weight is 323 g/mol. The summed E-state index contributed by atoms with van der Waals surface area (Å²) in [7, 11) is 0. The van der Waals surface area contributed by atoms with Gasteiger partial charge < -0.3 is 15.2 Å². The summed E-state index contributed by atoms with van der Waals surface area (Å²) in [6.45, 7) is 4.26. The molecule has 1 aromatic rings. The molecule has 6 heteroatoms. The van der Waals surface area contributed by atoms with Crippen molar-refractivity contribution in [2.45, 2.75) is 32.2 Å². The van der Waals surface area contributed by atoms with Gasteiger partial charge >= 0.3 is 5.97 Å². The summed E-state index contributed by atoms with van der Waals surface area (Å²) in [4.78, 5) is 23.3. The SMILES string of the molecule is Cc1ccc(OCCC(=O)N[C@]2(C(=O)O)CCSC2)cc1C. The molecule has 2 N–H and O–H groups in total. The first kappa shape index (κ1) is 16.7. The van der Waals surface area contributed by atoms with E-state index in [1.54, 1.807) is 11.8 Å². The number of nitrogens with one attached hydrogen (secondary N) is 1. The maximum Gasteiger partial charge on any atom is 0.330 e. The first-order valence-electron chi connectivity index (χ1n) is 7.25. The molecule has 1 aliphatic heterocycles. The van der Waals surface area contributed by atoms with E-state index in [1.807, 2.05) is 32.0 Å². The van der Waals surface area contributed by atoms with Crippen molar-refractivity contribution in [1.29, 1.82) is 0 Å². The van der Waals surface area contributed by atoms with Crippen LogP contribution in [0, 0.1) is 13.8 Å². The zero-order valence-corrected chi connectivity index (χ0v) is 13.7. The Balaban J connectivity index is 1.82. The third kappa shape index (κ3) is 3.94. The van der Waals surface area contributed by atoms with Crippen molar-refractivity contribution >= 4 is 23.6 Å². The molecule has 0 saturated carbocycles. The highest BCUT2D eigenvalue weighted by atomic mass is 32.2. The fraction of sp³-hybridized carbons (Fsp3) is 0.500. The van der Waals surface area contributed by atoms with Crippen LogP contribution in [0.2, 0.25) is 0 Å². The number of carboxylic acid groups (broad SMARTS) is 1. The highest BCUT2D eigenvalue weighted by Crippen LogP contribution is 2.28. The number of carboxylic acids is 1. The molecule has 0 spiro atoms. The van der Waals surface area contributed by atoms with E-state index >= 15 is 0 Å². The maximum absolute atomic E-state index is 12.0. The molecule has 1 aliphatic rings. The third-order valence-electron chi connectivity index (χ3n) is 3.89. The smallest absolute Gasteiger partial charge is 0.330 e. The third-order valence-corrected chi connectivity index (χ3v) is 5.08. The van der Waals surface area contributed by atoms with E-state index in [0.717, 1.165) is 17.1 Å². The van der Waals surface area contributed by atoms with Crippen molar-refractivity contribution in [1.82, 2.24) is 5.32 Å². The Bertz CT molecular complexity index is 567. The Morgan fingerprint density at radius 3 is 2.73 bits per heavy atom. The molecule has 120 valence electrons. The minimum Gasteiger partial charge on any atom is -0.493 e. The lowest BCUT2D eigenvalue weighted by Gasteiger charge is -2.24. The summed E-state index contributed by atoms with van der Waals surface area (Å²) in [5.41, 5.74) is 1.21. The maximum atomic E-state index is 12.0. The van der Waals surface area contributed by atoms with Gasteiger partial charge in [-0.15, -0.1) is 0 Å². The predicted octanol–water partition coefficient (Wildman–Crippen LogP) is 2.15. The number of hydrogen-bond acceptors (Lipinski definition) is 4. The van der Waals surface area contributed by atoms with E-state index in [2.05, 4.69) is 5.32 Å². The molecule has 1 heterocycles. The van der Waals surface area contributed by atoms with Crippen molar-refractivity contribution in [2.75, 3.05) is 18.1 Å². The van der Waals surface area contributed by atoms with Gasteiger partial charge in [-0.3, -0.25) is 4.79 Å². The van der Waals surface area contributed by atoms with Crippen LogP contribution < -0.4 is 10.1 Å². The van der Waals surface area contributed by atoms with Gasteiger partial charge in [-0.25, -0.2) is 4.79 Å². The van der Waals surface area contributed by atoms with Crippen molar-refractivity contribution in [3.63, 3.8) is 0 Å². The molecule has 1 saturated heterocycles. The van der Waals surface area contributed by atoms with Crippen LogP contribution in [0.3, 0.4) is 0 Å². The molecule has 0 aromatic heterocycles. The normalized spacial score (nSPS) is 20.6. The molecular weight excluding hydrogens is 302 g/mol. The zero-order chi connectivity index (χ0) is 16.2. The molecule has 2 rings (SSSR count). The van der Waals surface area contributed by atoms with E-state index in [-0.39, 0.29) is 18.9 Å². The number of thioether (sulfide) groups is 1. The van der Waals surface area contributed by atoms with E-state index < -0.39 is 11.5 Å². The number of rotatable bonds is 6. The molecule has 1 aromatic carbocycles. The summed E-state index contributed by atoms with van der Waals surface area (Å²) < 4.78 is 5.56. The van der Waals surface area contributed by atoms with Crippen molar-refractivity contribution in [3.05, 3.63) is 29.3 Å². The summed E-state index contributed by atoms with van der Waals surface area (Å²) in [5, 5.41) is 12.0. The number of aliphatic carboxylic acids is 1. The fourth-order valence-electron chi connectivity index (χ4n) is 2.28. The highest BCUT2D eigenvalue weighted by Gasteiger charge is 2.43. The van der Waals surface area contributed by atoms with Gasteiger partial charge in [-0.1, -0.05) is 6.07 Å². The van der Waals surface area contributed by atoms with Crippen LogP contribution in [0.4, 0.5) is 0 Å².